The molecule has 1 aliphatic heterocycles. The topological polar surface area (TPSA) is 40.5 Å². The van der Waals surface area contributed by atoms with Gasteiger partial charge in [-0.1, -0.05) is 17.7 Å². The van der Waals surface area contributed by atoms with Crippen LogP contribution < -0.4 is 0 Å². The molecule has 17 heavy (non-hydrogen) atoms. The molecule has 3 nitrogen and oxygen atoms in total. The third kappa shape index (κ3) is 2.45. The summed E-state index contributed by atoms with van der Waals surface area (Å²) in [6, 6.07) is 5.29. The van der Waals surface area contributed by atoms with Crippen molar-refractivity contribution in [2.45, 2.75) is 25.8 Å². The van der Waals surface area contributed by atoms with Crippen molar-refractivity contribution in [1.82, 2.24) is 4.90 Å². The number of aliphatic hydroxyl groups excluding tert-OH is 1. The van der Waals surface area contributed by atoms with Crippen LogP contribution in [0.25, 0.3) is 0 Å². The summed E-state index contributed by atoms with van der Waals surface area (Å²) in [5.41, 5.74) is 1.56. The standard InChI is InChI=1S/C13H16ClNO2/c1-9-4-5-10(14)7-12(9)13(17)15-6-2-3-11(15)8-16/h4-5,7,11,16H,2-3,6,8H2,1H3/t11-/m0/s1. The van der Waals surface area contributed by atoms with Crippen molar-refractivity contribution < 1.29 is 9.90 Å². The van der Waals surface area contributed by atoms with Gasteiger partial charge in [0.05, 0.1) is 12.6 Å². The number of benzene rings is 1. The zero-order valence-corrected chi connectivity index (χ0v) is 10.6. The van der Waals surface area contributed by atoms with Crippen LogP contribution in [0.1, 0.15) is 28.8 Å². The maximum atomic E-state index is 12.3. The molecular weight excluding hydrogens is 238 g/mol. The third-order valence-corrected chi connectivity index (χ3v) is 3.51. The van der Waals surface area contributed by atoms with Crippen LogP contribution in [-0.4, -0.2) is 35.1 Å². The van der Waals surface area contributed by atoms with Crippen molar-refractivity contribution in [2.75, 3.05) is 13.2 Å². The van der Waals surface area contributed by atoms with Crippen LogP contribution in [0, 0.1) is 6.92 Å². The number of nitrogens with zero attached hydrogens (tertiary/aromatic N) is 1. The molecule has 0 bridgehead atoms. The van der Waals surface area contributed by atoms with E-state index in [1.165, 1.54) is 0 Å². The molecule has 0 aliphatic carbocycles. The Hall–Kier alpha value is -1.06. The molecule has 1 heterocycles. The highest BCUT2D eigenvalue weighted by atomic mass is 35.5. The number of likely N-dealkylation sites (tertiary alicyclic amines) is 1. The first-order chi connectivity index (χ1) is 8.13. The minimum Gasteiger partial charge on any atom is -0.394 e. The van der Waals surface area contributed by atoms with Crippen LogP contribution in [0.15, 0.2) is 18.2 Å². The molecule has 1 amide bonds. The fourth-order valence-corrected chi connectivity index (χ4v) is 2.44. The van der Waals surface area contributed by atoms with E-state index in [2.05, 4.69) is 0 Å². The van der Waals surface area contributed by atoms with Gasteiger partial charge in [-0.15, -0.1) is 0 Å². The summed E-state index contributed by atoms with van der Waals surface area (Å²) in [5, 5.41) is 9.80. The second-order valence-corrected chi connectivity index (χ2v) is 4.87. The van der Waals surface area contributed by atoms with Crippen molar-refractivity contribution in [1.29, 1.82) is 0 Å². The fraction of sp³-hybridized carbons (Fsp3) is 0.462. The van der Waals surface area contributed by atoms with Crippen molar-refractivity contribution >= 4 is 17.5 Å². The molecule has 1 saturated heterocycles. The predicted octanol–water partition coefficient (Wildman–Crippen LogP) is 2.25. The van der Waals surface area contributed by atoms with Crippen molar-refractivity contribution in [3.63, 3.8) is 0 Å². The minimum atomic E-state index is -0.0409. The highest BCUT2D eigenvalue weighted by Crippen LogP contribution is 2.23. The summed E-state index contributed by atoms with van der Waals surface area (Å²) in [6.45, 7) is 2.65. The summed E-state index contributed by atoms with van der Waals surface area (Å²) in [7, 11) is 0. The van der Waals surface area contributed by atoms with Gasteiger partial charge in [0, 0.05) is 17.1 Å². The first-order valence-corrected chi connectivity index (χ1v) is 6.19. The van der Waals surface area contributed by atoms with E-state index in [4.69, 9.17) is 11.6 Å². The first kappa shape index (κ1) is 12.4. The van der Waals surface area contributed by atoms with E-state index < -0.39 is 0 Å². The van der Waals surface area contributed by atoms with Gasteiger partial charge in [-0.05, 0) is 37.5 Å². The molecule has 4 heteroatoms. The summed E-state index contributed by atoms with van der Waals surface area (Å²) in [6.07, 6.45) is 1.83. The van der Waals surface area contributed by atoms with Gasteiger partial charge in [0.2, 0.25) is 0 Å². The second-order valence-electron chi connectivity index (χ2n) is 4.44. The average Bonchev–Trinajstić information content (AvgIpc) is 2.79. The van der Waals surface area contributed by atoms with E-state index in [1.807, 2.05) is 13.0 Å². The summed E-state index contributed by atoms with van der Waals surface area (Å²) >= 11 is 5.92. The lowest BCUT2D eigenvalue weighted by molar-refractivity contribution is 0.0677. The number of amides is 1. The molecule has 1 N–H and O–H groups in total. The van der Waals surface area contributed by atoms with Crippen molar-refractivity contribution in [3.8, 4) is 0 Å². The zero-order valence-electron chi connectivity index (χ0n) is 9.82. The molecule has 0 spiro atoms. The number of hydrogen-bond donors (Lipinski definition) is 1. The highest BCUT2D eigenvalue weighted by molar-refractivity contribution is 6.31. The molecule has 1 aromatic rings. The van der Waals surface area contributed by atoms with Gasteiger partial charge >= 0.3 is 0 Å². The van der Waals surface area contributed by atoms with Gasteiger partial charge in [0.25, 0.3) is 5.91 Å². The molecular formula is C13H16ClNO2. The average molecular weight is 254 g/mol. The van der Waals surface area contributed by atoms with Gasteiger partial charge in [-0.25, -0.2) is 0 Å². The maximum absolute atomic E-state index is 12.3. The minimum absolute atomic E-state index is 0.0263. The Kier molecular flexibility index (Phi) is 3.69. The molecule has 0 saturated carbocycles. The van der Waals surface area contributed by atoms with E-state index >= 15 is 0 Å². The van der Waals surface area contributed by atoms with E-state index in [0.29, 0.717) is 10.6 Å². The lowest BCUT2D eigenvalue weighted by Crippen LogP contribution is -2.37. The number of carbonyl (C=O) groups excluding carboxylic acids is 1. The monoisotopic (exact) mass is 253 g/mol. The maximum Gasteiger partial charge on any atom is 0.254 e. The van der Waals surface area contributed by atoms with E-state index in [0.717, 1.165) is 24.9 Å². The Morgan fingerprint density at radius 3 is 3.06 bits per heavy atom. The smallest absolute Gasteiger partial charge is 0.254 e. The van der Waals surface area contributed by atoms with Gasteiger partial charge in [-0.2, -0.15) is 0 Å². The summed E-state index contributed by atoms with van der Waals surface area (Å²) in [4.78, 5) is 14.1. The quantitative estimate of drug-likeness (QED) is 0.878. The Balaban J connectivity index is 2.27. The lowest BCUT2D eigenvalue weighted by atomic mass is 10.1. The predicted molar refractivity (Wildman–Crippen MR) is 67.3 cm³/mol. The van der Waals surface area contributed by atoms with Crippen LogP contribution in [0.5, 0.6) is 0 Å². The van der Waals surface area contributed by atoms with Gasteiger partial charge in [-0.3, -0.25) is 4.79 Å². The molecule has 0 unspecified atom stereocenters. The fourth-order valence-electron chi connectivity index (χ4n) is 2.27. The van der Waals surface area contributed by atoms with Crippen molar-refractivity contribution in [3.05, 3.63) is 34.3 Å². The Labute approximate surface area is 106 Å². The molecule has 1 aliphatic rings. The van der Waals surface area contributed by atoms with Crippen LogP contribution in [0.2, 0.25) is 5.02 Å². The van der Waals surface area contributed by atoms with Crippen molar-refractivity contribution in [2.24, 2.45) is 0 Å². The van der Waals surface area contributed by atoms with Gasteiger partial charge < -0.3 is 10.0 Å². The van der Waals surface area contributed by atoms with Gasteiger partial charge in [0.15, 0.2) is 0 Å². The number of carbonyl (C=O) groups is 1. The second kappa shape index (κ2) is 5.07. The number of aliphatic hydroxyl groups is 1. The van der Waals surface area contributed by atoms with Gasteiger partial charge in [0.1, 0.15) is 0 Å². The summed E-state index contributed by atoms with van der Waals surface area (Å²) in [5.74, 6) is -0.0263. The van der Waals surface area contributed by atoms with E-state index in [9.17, 15) is 9.90 Å². The Morgan fingerprint density at radius 1 is 1.59 bits per heavy atom. The number of halogens is 1. The highest BCUT2D eigenvalue weighted by Gasteiger charge is 2.29. The van der Waals surface area contributed by atoms with Crippen LogP contribution in [0.3, 0.4) is 0 Å². The normalized spacial score (nSPS) is 19.7. The van der Waals surface area contributed by atoms with Crippen LogP contribution in [-0.2, 0) is 0 Å². The number of rotatable bonds is 2. The van der Waals surface area contributed by atoms with E-state index in [-0.39, 0.29) is 18.6 Å². The molecule has 2 rings (SSSR count). The van der Waals surface area contributed by atoms with E-state index in [1.54, 1.807) is 17.0 Å². The SMILES string of the molecule is Cc1ccc(Cl)cc1C(=O)N1CCC[C@H]1CO. The Bertz CT molecular complexity index is 433. The van der Waals surface area contributed by atoms with Crippen LogP contribution >= 0.6 is 11.6 Å². The molecule has 0 radical (unpaired) electrons. The third-order valence-electron chi connectivity index (χ3n) is 3.28. The molecule has 1 atom stereocenters. The Morgan fingerprint density at radius 2 is 2.35 bits per heavy atom. The lowest BCUT2D eigenvalue weighted by Gasteiger charge is -2.23. The molecule has 1 aromatic carbocycles. The number of hydrogen-bond acceptors (Lipinski definition) is 2. The van der Waals surface area contributed by atoms with Crippen LogP contribution in [0.4, 0.5) is 0 Å². The summed E-state index contributed by atoms with van der Waals surface area (Å²) < 4.78 is 0. The molecule has 0 aromatic heterocycles. The zero-order chi connectivity index (χ0) is 12.4. The molecule has 1 fully saturated rings. The first-order valence-electron chi connectivity index (χ1n) is 5.81. The molecule has 92 valence electrons. The number of aryl methyl sites for hydroxylation is 1. The largest absolute Gasteiger partial charge is 0.394 e.